The number of rotatable bonds is 9. The summed E-state index contributed by atoms with van der Waals surface area (Å²) in [6, 6.07) is 24.3. The topological polar surface area (TPSA) is 100 Å². The van der Waals surface area contributed by atoms with Crippen LogP contribution in [0.4, 0.5) is 0 Å². The predicted molar refractivity (Wildman–Crippen MR) is 124 cm³/mol. The molecule has 3 rings (SSSR count). The van der Waals surface area contributed by atoms with Crippen LogP contribution in [0.15, 0.2) is 72.8 Å². The molecule has 0 bridgehead atoms. The van der Waals surface area contributed by atoms with Crippen molar-refractivity contribution in [1.82, 2.24) is 10.9 Å². The molecule has 2 amide bonds. The summed E-state index contributed by atoms with van der Waals surface area (Å²) in [5, 5.41) is 8.88. The molecular formula is C26H25N3O4. The monoisotopic (exact) mass is 443 g/mol. The van der Waals surface area contributed by atoms with Gasteiger partial charge in [0.1, 0.15) is 11.5 Å². The highest BCUT2D eigenvalue weighted by atomic mass is 16.5. The van der Waals surface area contributed by atoms with Gasteiger partial charge in [-0.25, -0.2) is 0 Å². The van der Waals surface area contributed by atoms with Gasteiger partial charge in [-0.3, -0.25) is 20.4 Å². The number of amides is 2. The molecule has 0 aliphatic heterocycles. The highest BCUT2D eigenvalue weighted by molar-refractivity contribution is 5.82. The zero-order valence-corrected chi connectivity index (χ0v) is 18.3. The van der Waals surface area contributed by atoms with Crippen molar-refractivity contribution in [2.45, 2.75) is 19.8 Å². The van der Waals surface area contributed by atoms with E-state index in [1.54, 1.807) is 24.3 Å². The SMILES string of the molecule is Cc1ccc(OCCCC(=O)NNC(=O)COc2ccc(-c3ccc(C#N)cc3)cc2)cc1. The highest BCUT2D eigenvalue weighted by Crippen LogP contribution is 2.22. The minimum absolute atomic E-state index is 0.226. The van der Waals surface area contributed by atoms with Gasteiger partial charge < -0.3 is 9.47 Å². The van der Waals surface area contributed by atoms with E-state index in [1.165, 1.54) is 0 Å². The van der Waals surface area contributed by atoms with Gasteiger partial charge in [0.15, 0.2) is 6.61 Å². The average Bonchev–Trinajstić information content (AvgIpc) is 2.85. The number of nitrogens with one attached hydrogen (secondary N) is 2. The maximum absolute atomic E-state index is 11.9. The zero-order chi connectivity index (χ0) is 23.5. The summed E-state index contributed by atoms with van der Waals surface area (Å²) in [6.45, 7) is 2.18. The van der Waals surface area contributed by atoms with Crippen molar-refractivity contribution in [3.05, 3.63) is 83.9 Å². The van der Waals surface area contributed by atoms with Crippen LogP contribution in [0.1, 0.15) is 24.0 Å². The van der Waals surface area contributed by atoms with Gasteiger partial charge in [0, 0.05) is 6.42 Å². The number of benzene rings is 3. The Morgan fingerprint density at radius 2 is 1.33 bits per heavy atom. The molecule has 3 aromatic carbocycles. The summed E-state index contributed by atoms with van der Waals surface area (Å²) in [5.41, 5.74) is 8.41. The number of nitrogens with zero attached hydrogens (tertiary/aromatic N) is 1. The molecule has 0 aliphatic rings. The fraction of sp³-hybridized carbons (Fsp3) is 0.192. The quantitative estimate of drug-likeness (QED) is 0.386. The predicted octanol–water partition coefficient (Wildman–Crippen LogP) is 3.92. The summed E-state index contributed by atoms with van der Waals surface area (Å²) in [4.78, 5) is 23.8. The maximum Gasteiger partial charge on any atom is 0.276 e. The second-order valence-corrected chi connectivity index (χ2v) is 7.36. The average molecular weight is 444 g/mol. The number of hydrogen-bond donors (Lipinski definition) is 2. The van der Waals surface area contributed by atoms with E-state index in [2.05, 4.69) is 16.9 Å². The van der Waals surface area contributed by atoms with Crippen LogP contribution in [0.3, 0.4) is 0 Å². The van der Waals surface area contributed by atoms with Crippen molar-refractivity contribution >= 4 is 11.8 Å². The molecule has 7 nitrogen and oxygen atoms in total. The van der Waals surface area contributed by atoms with Crippen LogP contribution in [-0.2, 0) is 9.59 Å². The molecule has 0 aromatic heterocycles. The Morgan fingerprint density at radius 1 is 0.788 bits per heavy atom. The molecule has 0 fully saturated rings. The van der Waals surface area contributed by atoms with Crippen LogP contribution >= 0.6 is 0 Å². The van der Waals surface area contributed by atoms with Gasteiger partial charge >= 0.3 is 0 Å². The molecule has 0 radical (unpaired) electrons. The van der Waals surface area contributed by atoms with Gasteiger partial charge in [-0.05, 0) is 60.9 Å². The number of hydrogen-bond acceptors (Lipinski definition) is 5. The van der Waals surface area contributed by atoms with Gasteiger partial charge in [-0.2, -0.15) is 5.26 Å². The van der Waals surface area contributed by atoms with Crippen molar-refractivity contribution in [3.63, 3.8) is 0 Å². The van der Waals surface area contributed by atoms with Gasteiger partial charge in [0.2, 0.25) is 5.91 Å². The Labute approximate surface area is 192 Å². The van der Waals surface area contributed by atoms with Crippen molar-refractivity contribution in [1.29, 1.82) is 5.26 Å². The van der Waals surface area contributed by atoms with Crippen molar-refractivity contribution in [2.24, 2.45) is 0 Å². The first-order valence-corrected chi connectivity index (χ1v) is 10.5. The summed E-state index contributed by atoms with van der Waals surface area (Å²) in [7, 11) is 0. The first kappa shape index (κ1) is 23.4. The number of nitriles is 1. The van der Waals surface area contributed by atoms with Crippen LogP contribution < -0.4 is 20.3 Å². The summed E-state index contributed by atoms with van der Waals surface area (Å²) in [5.74, 6) is 0.525. The molecule has 0 atom stereocenters. The van der Waals surface area contributed by atoms with Gasteiger partial charge in [0.25, 0.3) is 5.91 Å². The third-order valence-electron chi connectivity index (χ3n) is 4.75. The Morgan fingerprint density at radius 3 is 1.97 bits per heavy atom. The molecular weight excluding hydrogens is 418 g/mol. The lowest BCUT2D eigenvalue weighted by Crippen LogP contribution is -2.43. The molecule has 0 heterocycles. The lowest BCUT2D eigenvalue weighted by Gasteiger charge is -2.10. The van der Waals surface area contributed by atoms with E-state index >= 15 is 0 Å². The highest BCUT2D eigenvalue weighted by Gasteiger charge is 2.07. The van der Waals surface area contributed by atoms with Crippen LogP contribution in [-0.4, -0.2) is 25.0 Å². The molecule has 7 heteroatoms. The first-order chi connectivity index (χ1) is 16.0. The van der Waals surface area contributed by atoms with Gasteiger partial charge in [0.05, 0.1) is 18.2 Å². The minimum Gasteiger partial charge on any atom is -0.494 e. The lowest BCUT2D eigenvalue weighted by molar-refractivity contribution is -0.130. The summed E-state index contributed by atoms with van der Waals surface area (Å²) in [6.07, 6.45) is 0.751. The van der Waals surface area contributed by atoms with Gasteiger partial charge in [-0.15, -0.1) is 0 Å². The van der Waals surface area contributed by atoms with E-state index in [9.17, 15) is 9.59 Å². The van der Waals surface area contributed by atoms with Crippen LogP contribution in [0.25, 0.3) is 11.1 Å². The Balaban J connectivity index is 1.32. The summed E-state index contributed by atoms with van der Waals surface area (Å²) >= 11 is 0. The van der Waals surface area contributed by atoms with Gasteiger partial charge in [-0.1, -0.05) is 42.0 Å². The molecule has 168 valence electrons. The van der Waals surface area contributed by atoms with Crippen LogP contribution in [0.2, 0.25) is 0 Å². The fourth-order valence-electron chi connectivity index (χ4n) is 2.92. The molecule has 0 aliphatic carbocycles. The molecule has 3 aromatic rings. The molecule has 2 N–H and O–H groups in total. The zero-order valence-electron chi connectivity index (χ0n) is 18.3. The van der Waals surface area contributed by atoms with Crippen molar-refractivity contribution < 1.29 is 19.1 Å². The molecule has 0 spiro atoms. The smallest absolute Gasteiger partial charge is 0.276 e. The Hall–Kier alpha value is -4.31. The molecule has 33 heavy (non-hydrogen) atoms. The van der Waals surface area contributed by atoms with Crippen molar-refractivity contribution in [3.8, 4) is 28.7 Å². The normalized spacial score (nSPS) is 10.1. The standard InChI is InChI=1S/C26H25N3O4/c1-19-4-12-23(13-5-19)32-16-2-3-25(30)28-29-26(31)18-33-24-14-10-22(11-15-24)21-8-6-20(17-27)7-9-21/h4-15H,2-3,16,18H2,1H3,(H,28,30)(H,29,31). The van der Waals surface area contributed by atoms with E-state index < -0.39 is 5.91 Å². The third kappa shape index (κ3) is 7.71. The largest absolute Gasteiger partial charge is 0.494 e. The number of aryl methyl sites for hydroxylation is 1. The second-order valence-electron chi connectivity index (χ2n) is 7.36. The molecule has 0 saturated heterocycles. The fourth-order valence-corrected chi connectivity index (χ4v) is 2.92. The lowest BCUT2D eigenvalue weighted by atomic mass is 10.0. The number of ether oxygens (including phenoxy) is 2. The molecule has 0 saturated carbocycles. The number of carbonyl (C=O) groups excluding carboxylic acids is 2. The molecule has 0 unspecified atom stereocenters. The van der Waals surface area contributed by atoms with E-state index in [0.29, 0.717) is 24.3 Å². The summed E-state index contributed by atoms with van der Waals surface area (Å²) < 4.78 is 11.0. The Kier molecular flexibility index (Phi) is 8.43. The minimum atomic E-state index is -0.463. The van der Waals surface area contributed by atoms with E-state index in [0.717, 1.165) is 22.4 Å². The van der Waals surface area contributed by atoms with Crippen molar-refractivity contribution in [2.75, 3.05) is 13.2 Å². The second kappa shape index (κ2) is 11.9. The van der Waals surface area contributed by atoms with Crippen LogP contribution in [0.5, 0.6) is 11.5 Å². The Bertz CT molecular complexity index is 1100. The first-order valence-electron chi connectivity index (χ1n) is 10.5. The van der Waals surface area contributed by atoms with E-state index in [1.807, 2.05) is 55.5 Å². The number of hydrazine groups is 1. The third-order valence-corrected chi connectivity index (χ3v) is 4.75. The van der Waals surface area contributed by atoms with Crippen LogP contribution in [0, 0.1) is 18.3 Å². The maximum atomic E-state index is 11.9. The van der Waals surface area contributed by atoms with E-state index in [-0.39, 0.29) is 18.9 Å². The number of carbonyl (C=O) groups is 2. The van der Waals surface area contributed by atoms with E-state index in [4.69, 9.17) is 14.7 Å².